The van der Waals surface area contributed by atoms with Crippen LogP contribution in [0.5, 0.6) is 0 Å². The second-order valence-corrected chi connectivity index (χ2v) is 5.91. The van der Waals surface area contributed by atoms with Gasteiger partial charge in [-0.3, -0.25) is 0 Å². The molecule has 1 aliphatic rings. The molecule has 2 atom stereocenters. The fourth-order valence-electron chi connectivity index (χ4n) is 2.85. The molecule has 0 radical (unpaired) electrons. The van der Waals surface area contributed by atoms with E-state index in [1.54, 1.807) is 6.92 Å². The number of hydrogen-bond acceptors (Lipinski definition) is 6. The molecule has 2 unspecified atom stereocenters. The van der Waals surface area contributed by atoms with Crippen molar-refractivity contribution < 1.29 is 9.32 Å². The number of nitrogens with one attached hydrogen (secondary N) is 2. The zero-order chi connectivity index (χ0) is 17.1. The summed E-state index contributed by atoms with van der Waals surface area (Å²) in [4.78, 5) is 21.1. The van der Waals surface area contributed by atoms with Crippen molar-refractivity contribution in [2.45, 2.75) is 65.1 Å². The third-order valence-electron chi connectivity index (χ3n) is 4.11. The molecule has 9 nitrogen and oxygen atoms in total. The highest BCUT2D eigenvalue weighted by Crippen LogP contribution is 2.23. The fraction of sp³-hybridized carbons (Fsp3) is 0.667. The molecular formula is C15H23N7O2. The van der Waals surface area contributed by atoms with Crippen LogP contribution < -0.4 is 10.6 Å². The van der Waals surface area contributed by atoms with E-state index in [0.29, 0.717) is 18.1 Å². The van der Waals surface area contributed by atoms with Gasteiger partial charge in [0.1, 0.15) is 5.82 Å². The van der Waals surface area contributed by atoms with E-state index < -0.39 is 0 Å². The van der Waals surface area contributed by atoms with Gasteiger partial charge in [-0.1, -0.05) is 19.0 Å². The van der Waals surface area contributed by atoms with Crippen LogP contribution in [0.2, 0.25) is 0 Å². The third kappa shape index (κ3) is 3.39. The van der Waals surface area contributed by atoms with Gasteiger partial charge in [-0.05, 0) is 19.3 Å². The minimum absolute atomic E-state index is 0.129. The lowest BCUT2D eigenvalue weighted by Gasteiger charge is -2.24. The Morgan fingerprint density at radius 2 is 2.25 bits per heavy atom. The van der Waals surface area contributed by atoms with E-state index >= 15 is 0 Å². The Bertz CT molecular complexity index is 708. The van der Waals surface area contributed by atoms with E-state index in [1.165, 1.54) is 0 Å². The molecule has 2 amide bonds. The van der Waals surface area contributed by atoms with Crippen LogP contribution in [0.15, 0.2) is 4.52 Å². The van der Waals surface area contributed by atoms with Crippen LogP contribution in [-0.2, 0) is 13.0 Å². The topological polar surface area (TPSA) is 111 Å². The van der Waals surface area contributed by atoms with E-state index in [2.05, 4.69) is 30.9 Å². The summed E-state index contributed by atoms with van der Waals surface area (Å²) in [6.07, 6.45) is 3.28. The Kier molecular flexibility index (Phi) is 4.77. The van der Waals surface area contributed by atoms with Gasteiger partial charge in [0.05, 0.1) is 12.1 Å². The molecule has 2 aromatic heterocycles. The fourth-order valence-corrected chi connectivity index (χ4v) is 2.85. The molecule has 24 heavy (non-hydrogen) atoms. The number of amides is 2. The first kappa shape index (κ1) is 16.4. The number of rotatable bonds is 5. The standard InChI is InChI=1S/C15H23N7O2/c1-4-10(13-16-9(3)24-21-13)17-15(23)18-11-7-6-8-22-14(11)19-12(5-2)20-22/h10-11H,4-8H2,1-3H3,(H2,17,18,23). The molecule has 3 rings (SSSR count). The van der Waals surface area contributed by atoms with Crippen molar-refractivity contribution >= 4 is 6.03 Å². The van der Waals surface area contributed by atoms with Crippen molar-refractivity contribution in [1.29, 1.82) is 0 Å². The lowest BCUT2D eigenvalue weighted by molar-refractivity contribution is 0.227. The van der Waals surface area contributed by atoms with Gasteiger partial charge < -0.3 is 15.2 Å². The van der Waals surface area contributed by atoms with Crippen molar-refractivity contribution in [2.75, 3.05) is 0 Å². The predicted octanol–water partition coefficient (Wildman–Crippen LogP) is 1.82. The SMILES string of the molecule is CCc1nc2n(n1)CCCC2NC(=O)NC(CC)c1noc(C)n1. The highest BCUT2D eigenvalue weighted by atomic mass is 16.5. The molecule has 130 valence electrons. The van der Waals surface area contributed by atoms with Crippen LogP contribution in [0.1, 0.15) is 68.6 Å². The van der Waals surface area contributed by atoms with Crippen molar-refractivity contribution in [3.05, 3.63) is 23.4 Å². The molecular weight excluding hydrogens is 310 g/mol. The lowest BCUT2D eigenvalue weighted by Crippen LogP contribution is -2.41. The molecule has 2 N–H and O–H groups in total. The number of aromatic nitrogens is 5. The molecule has 0 aliphatic carbocycles. The number of hydrogen-bond donors (Lipinski definition) is 2. The number of fused-ring (bicyclic) bond motifs is 1. The average molecular weight is 333 g/mol. The van der Waals surface area contributed by atoms with Gasteiger partial charge >= 0.3 is 6.03 Å². The summed E-state index contributed by atoms with van der Waals surface area (Å²) in [5.41, 5.74) is 0. The maximum atomic E-state index is 12.4. The molecule has 1 aliphatic heterocycles. The highest BCUT2D eigenvalue weighted by Gasteiger charge is 2.26. The minimum Gasteiger partial charge on any atom is -0.340 e. The van der Waals surface area contributed by atoms with Gasteiger partial charge in [0.15, 0.2) is 11.6 Å². The van der Waals surface area contributed by atoms with E-state index in [9.17, 15) is 4.79 Å². The average Bonchev–Trinajstić information content (AvgIpc) is 3.19. The minimum atomic E-state index is -0.282. The summed E-state index contributed by atoms with van der Waals surface area (Å²) in [6, 6.07) is -0.671. The van der Waals surface area contributed by atoms with E-state index in [1.807, 2.05) is 18.5 Å². The number of urea groups is 1. The van der Waals surface area contributed by atoms with Crippen LogP contribution in [0.4, 0.5) is 4.79 Å². The number of nitrogens with zero attached hydrogens (tertiary/aromatic N) is 5. The van der Waals surface area contributed by atoms with E-state index in [0.717, 1.165) is 37.5 Å². The Hall–Kier alpha value is -2.45. The first-order valence-corrected chi connectivity index (χ1v) is 8.41. The zero-order valence-corrected chi connectivity index (χ0v) is 14.2. The Labute approximate surface area is 140 Å². The first-order valence-electron chi connectivity index (χ1n) is 8.41. The van der Waals surface area contributed by atoms with Crippen LogP contribution in [-0.4, -0.2) is 30.9 Å². The molecule has 0 saturated heterocycles. The molecule has 0 spiro atoms. The largest absolute Gasteiger partial charge is 0.340 e. The normalized spacial score (nSPS) is 18.0. The van der Waals surface area contributed by atoms with Crippen molar-refractivity contribution in [1.82, 2.24) is 35.5 Å². The highest BCUT2D eigenvalue weighted by molar-refractivity contribution is 5.74. The quantitative estimate of drug-likeness (QED) is 0.863. The van der Waals surface area contributed by atoms with Gasteiger partial charge in [-0.25, -0.2) is 14.5 Å². The van der Waals surface area contributed by atoms with Crippen LogP contribution in [0.3, 0.4) is 0 Å². The van der Waals surface area contributed by atoms with Gasteiger partial charge in [0, 0.05) is 19.9 Å². The summed E-state index contributed by atoms with van der Waals surface area (Å²) in [6.45, 7) is 6.56. The number of aryl methyl sites for hydroxylation is 3. The summed E-state index contributed by atoms with van der Waals surface area (Å²) >= 11 is 0. The molecule has 0 fully saturated rings. The summed E-state index contributed by atoms with van der Waals surface area (Å²) in [7, 11) is 0. The van der Waals surface area contributed by atoms with Crippen molar-refractivity contribution in [3.63, 3.8) is 0 Å². The van der Waals surface area contributed by atoms with Crippen LogP contribution >= 0.6 is 0 Å². The van der Waals surface area contributed by atoms with Crippen LogP contribution in [0.25, 0.3) is 0 Å². The van der Waals surface area contributed by atoms with E-state index in [-0.39, 0.29) is 18.1 Å². The molecule has 0 bridgehead atoms. The Balaban J connectivity index is 1.66. The van der Waals surface area contributed by atoms with Gasteiger partial charge in [0.2, 0.25) is 5.89 Å². The zero-order valence-electron chi connectivity index (χ0n) is 14.2. The molecule has 3 heterocycles. The molecule has 0 saturated carbocycles. The monoisotopic (exact) mass is 333 g/mol. The lowest BCUT2D eigenvalue weighted by atomic mass is 10.1. The summed E-state index contributed by atoms with van der Waals surface area (Å²) < 4.78 is 6.88. The predicted molar refractivity (Wildman–Crippen MR) is 85.1 cm³/mol. The Morgan fingerprint density at radius 3 is 2.92 bits per heavy atom. The molecule has 9 heteroatoms. The first-order chi connectivity index (χ1) is 11.6. The number of carbonyl (C=O) groups excluding carboxylic acids is 1. The Morgan fingerprint density at radius 1 is 1.42 bits per heavy atom. The van der Waals surface area contributed by atoms with Crippen molar-refractivity contribution in [3.8, 4) is 0 Å². The van der Waals surface area contributed by atoms with Gasteiger partial charge in [0.25, 0.3) is 0 Å². The molecule has 0 aromatic carbocycles. The summed E-state index contributed by atoms with van der Waals surface area (Å²) in [5, 5.41) is 14.2. The van der Waals surface area contributed by atoms with Gasteiger partial charge in [-0.2, -0.15) is 10.1 Å². The maximum Gasteiger partial charge on any atom is 0.315 e. The maximum absolute atomic E-state index is 12.4. The smallest absolute Gasteiger partial charge is 0.315 e. The van der Waals surface area contributed by atoms with Crippen molar-refractivity contribution in [2.24, 2.45) is 0 Å². The summed E-state index contributed by atoms with van der Waals surface area (Å²) in [5.74, 6) is 2.62. The molecule has 2 aromatic rings. The second-order valence-electron chi connectivity index (χ2n) is 5.91. The van der Waals surface area contributed by atoms with E-state index in [4.69, 9.17) is 4.52 Å². The number of carbonyl (C=O) groups is 1. The van der Waals surface area contributed by atoms with Gasteiger partial charge in [-0.15, -0.1) is 0 Å². The third-order valence-corrected chi connectivity index (χ3v) is 4.11. The second kappa shape index (κ2) is 6.98. The van der Waals surface area contributed by atoms with Crippen LogP contribution in [0, 0.1) is 6.92 Å².